The monoisotopic (exact) mass is 416 g/mol. The van der Waals surface area contributed by atoms with Gasteiger partial charge in [0.2, 0.25) is 5.75 Å². The third-order valence-corrected chi connectivity index (χ3v) is 5.11. The second kappa shape index (κ2) is 13.9. The molecule has 6 nitrogen and oxygen atoms in total. The Balaban J connectivity index is 0.00000392. The Bertz CT molecular complexity index is 551. The van der Waals surface area contributed by atoms with E-state index in [0.29, 0.717) is 18.1 Å². The van der Waals surface area contributed by atoms with E-state index in [1.54, 1.807) is 7.11 Å². The standard InChI is InChI=1S/C21H36N2O4.ClH/c1-3-4-5-6-7-14-27-20-16-18(15-19(26-2)21(20)25)17-23-10-8-22(9-11-23)12-13-24;/h15-16,24-25H,3-14,17H2,1-2H3;1H. The molecule has 1 aliphatic heterocycles. The van der Waals surface area contributed by atoms with Crippen LogP contribution < -0.4 is 9.47 Å². The van der Waals surface area contributed by atoms with Crippen LogP contribution in [0.5, 0.6) is 17.2 Å². The van der Waals surface area contributed by atoms with E-state index in [-0.39, 0.29) is 24.8 Å². The number of aliphatic hydroxyl groups is 1. The first kappa shape index (κ1) is 24.8. The Kier molecular flexibility index (Phi) is 12.3. The molecule has 7 heteroatoms. The Morgan fingerprint density at radius 1 is 0.964 bits per heavy atom. The fourth-order valence-electron chi connectivity index (χ4n) is 3.45. The van der Waals surface area contributed by atoms with Crippen molar-refractivity contribution < 1.29 is 19.7 Å². The minimum Gasteiger partial charge on any atom is -0.502 e. The van der Waals surface area contributed by atoms with Crippen molar-refractivity contribution in [1.82, 2.24) is 9.80 Å². The SMILES string of the molecule is CCCCCCCOc1cc(CN2CCN(CCO)CC2)cc(OC)c1O.Cl. The van der Waals surface area contributed by atoms with Crippen molar-refractivity contribution in [3.05, 3.63) is 17.7 Å². The zero-order valence-corrected chi connectivity index (χ0v) is 18.2. The van der Waals surface area contributed by atoms with Gasteiger partial charge in [0, 0.05) is 39.3 Å². The fourth-order valence-corrected chi connectivity index (χ4v) is 3.45. The van der Waals surface area contributed by atoms with Crippen LogP contribution in [-0.2, 0) is 6.54 Å². The van der Waals surface area contributed by atoms with Gasteiger partial charge in [-0.05, 0) is 24.1 Å². The molecule has 0 saturated carbocycles. The minimum atomic E-state index is 0. The molecular weight excluding hydrogens is 380 g/mol. The number of phenolic OH excluding ortho intramolecular Hbond substituents is 1. The number of aliphatic hydroxyl groups excluding tert-OH is 1. The molecule has 0 unspecified atom stereocenters. The van der Waals surface area contributed by atoms with E-state index in [1.807, 2.05) is 12.1 Å². The Hall–Kier alpha value is -1.21. The lowest BCUT2D eigenvalue weighted by Gasteiger charge is -2.34. The highest BCUT2D eigenvalue weighted by molar-refractivity contribution is 5.85. The maximum absolute atomic E-state index is 10.4. The van der Waals surface area contributed by atoms with Crippen LogP contribution in [0.3, 0.4) is 0 Å². The van der Waals surface area contributed by atoms with Gasteiger partial charge in [-0.2, -0.15) is 0 Å². The number of halogens is 1. The van der Waals surface area contributed by atoms with Crippen LogP contribution in [0.1, 0.15) is 44.6 Å². The van der Waals surface area contributed by atoms with Gasteiger partial charge in [0.1, 0.15) is 0 Å². The molecule has 28 heavy (non-hydrogen) atoms. The van der Waals surface area contributed by atoms with E-state index >= 15 is 0 Å². The zero-order chi connectivity index (χ0) is 19.5. The first-order valence-corrected chi connectivity index (χ1v) is 10.3. The van der Waals surface area contributed by atoms with Crippen LogP contribution in [0.2, 0.25) is 0 Å². The van der Waals surface area contributed by atoms with Gasteiger partial charge >= 0.3 is 0 Å². The van der Waals surface area contributed by atoms with Crippen molar-refractivity contribution in [1.29, 1.82) is 0 Å². The lowest BCUT2D eigenvalue weighted by Crippen LogP contribution is -2.46. The van der Waals surface area contributed by atoms with Crippen molar-refractivity contribution in [2.45, 2.75) is 45.6 Å². The first-order valence-electron chi connectivity index (χ1n) is 10.3. The number of piperazine rings is 1. The van der Waals surface area contributed by atoms with Gasteiger partial charge in [0.25, 0.3) is 0 Å². The average molecular weight is 417 g/mol. The van der Waals surface area contributed by atoms with E-state index in [2.05, 4.69) is 16.7 Å². The molecule has 1 heterocycles. The molecule has 1 aromatic carbocycles. The summed E-state index contributed by atoms with van der Waals surface area (Å²) < 4.78 is 11.2. The predicted molar refractivity (Wildman–Crippen MR) is 115 cm³/mol. The number of hydrogen-bond acceptors (Lipinski definition) is 6. The molecule has 1 aromatic rings. The van der Waals surface area contributed by atoms with Gasteiger partial charge in [-0.25, -0.2) is 0 Å². The summed E-state index contributed by atoms with van der Waals surface area (Å²) in [7, 11) is 1.57. The number of ether oxygens (including phenoxy) is 2. The summed E-state index contributed by atoms with van der Waals surface area (Å²) >= 11 is 0. The average Bonchev–Trinajstić information content (AvgIpc) is 2.68. The van der Waals surface area contributed by atoms with Crippen molar-refractivity contribution in [2.75, 3.05) is 53.0 Å². The highest BCUT2D eigenvalue weighted by Crippen LogP contribution is 2.38. The molecule has 0 atom stereocenters. The molecule has 0 spiro atoms. The quantitative estimate of drug-likeness (QED) is 0.510. The van der Waals surface area contributed by atoms with Crippen LogP contribution in [0.4, 0.5) is 0 Å². The molecule has 1 aliphatic rings. The molecular formula is C21H37ClN2O4. The largest absolute Gasteiger partial charge is 0.502 e. The number of aromatic hydroxyl groups is 1. The first-order chi connectivity index (χ1) is 13.2. The number of benzene rings is 1. The summed E-state index contributed by atoms with van der Waals surface area (Å²) in [5.74, 6) is 1.06. The van der Waals surface area contributed by atoms with E-state index < -0.39 is 0 Å². The minimum absolute atomic E-state index is 0. The molecule has 1 fully saturated rings. The zero-order valence-electron chi connectivity index (χ0n) is 17.4. The lowest BCUT2D eigenvalue weighted by molar-refractivity contribution is 0.108. The Morgan fingerprint density at radius 3 is 2.25 bits per heavy atom. The summed E-state index contributed by atoms with van der Waals surface area (Å²) in [5, 5.41) is 19.4. The van der Waals surface area contributed by atoms with Gasteiger partial charge in [0.15, 0.2) is 11.5 Å². The van der Waals surface area contributed by atoms with E-state index in [1.165, 1.54) is 19.3 Å². The highest BCUT2D eigenvalue weighted by Gasteiger charge is 2.18. The molecule has 0 bridgehead atoms. The van der Waals surface area contributed by atoms with E-state index in [4.69, 9.17) is 14.6 Å². The summed E-state index contributed by atoms with van der Waals surface area (Å²) in [6.07, 6.45) is 5.88. The van der Waals surface area contributed by atoms with E-state index in [9.17, 15) is 5.11 Å². The molecule has 162 valence electrons. The number of β-amino-alcohol motifs (C(OH)–C–C–N with tert-alkyl or cyclic N) is 1. The van der Waals surface area contributed by atoms with Crippen molar-refractivity contribution in [3.8, 4) is 17.2 Å². The number of rotatable bonds is 12. The second-order valence-corrected chi connectivity index (χ2v) is 7.25. The van der Waals surface area contributed by atoms with E-state index in [0.717, 1.165) is 57.7 Å². The topological polar surface area (TPSA) is 65.4 Å². The number of phenols is 1. The van der Waals surface area contributed by atoms with Gasteiger partial charge in [0.05, 0.1) is 20.3 Å². The van der Waals surface area contributed by atoms with Crippen molar-refractivity contribution in [3.63, 3.8) is 0 Å². The normalized spacial score (nSPS) is 15.2. The van der Waals surface area contributed by atoms with Crippen LogP contribution in [0.25, 0.3) is 0 Å². The van der Waals surface area contributed by atoms with Crippen molar-refractivity contribution in [2.24, 2.45) is 0 Å². The third-order valence-electron chi connectivity index (χ3n) is 5.11. The summed E-state index contributed by atoms with van der Waals surface area (Å²) in [4.78, 5) is 4.66. The predicted octanol–water partition coefficient (Wildman–Crippen LogP) is 3.28. The third kappa shape index (κ3) is 8.03. The van der Waals surface area contributed by atoms with Gasteiger partial charge in [-0.15, -0.1) is 12.4 Å². The number of hydrogen-bond donors (Lipinski definition) is 2. The fraction of sp³-hybridized carbons (Fsp3) is 0.714. The van der Waals surface area contributed by atoms with Crippen LogP contribution in [0.15, 0.2) is 12.1 Å². The molecule has 2 rings (SSSR count). The highest BCUT2D eigenvalue weighted by atomic mass is 35.5. The molecule has 0 amide bonds. The molecule has 1 saturated heterocycles. The summed E-state index contributed by atoms with van der Waals surface area (Å²) in [6, 6.07) is 3.83. The maximum atomic E-state index is 10.4. The summed E-state index contributed by atoms with van der Waals surface area (Å²) in [6.45, 7) is 8.46. The number of nitrogens with zero attached hydrogens (tertiary/aromatic N) is 2. The molecule has 0 aliphatic carbocycles. The van der Waals surface area contributed by atoms with Gasteiger partial charge in [-0.1, -0.05) is 32.6 Å². The molecule has 2 N–H and O–H groups in total. The second-order valence-electron chi connectivity index (χ2n) is 7.25. The van der Waals surface area contributed by atoms with Crippen LogP contribution in [-0.4, -0.2) is 73.1 Å². The van der Waals surface area contributed by atoms with Crippen molar-refractivity contribution >= 4 is 12.4 Å². The van der Waals surface area contributed by atoms with Crippen LogP contribution in [0, 0.1) is 0 Å². The smallest absolute Gasteiger partial charge is 0.200 e. The molecule has 0 radical (unpaired) electrons. The molecule has 0 aromatic heterocycles. The Labute approximate surface area is 175 Å². The number of unbranched alkanes of at least 4 members (excludes halogenated alkanes) is 4. The summed E-state index contributed by atoms with van der Waals surface area (Å²) in [5.41, 5.74) is 1.08. The van der Waals surface area contributed by atoms with Gasteiger partial charge in [-0.3, -0.25) is 9.80 Å². The lowest BCUT2D eigenvalue weighted by atomic mass is 10.1. The van der Waals surface area contributed by atoms with Gasteiger partial charge < -0.3 is 19.7 Å². The van der Waals surface area contributed by atoms with Crippen LogP contribution >= 0.6 is 12.4 Å². The Morgan fingerprint density at radius 2 is 1.61 bits per heavy atom. The maximum Gasteiger partial charge on any atom is 0.200 e. The number of methoxy groups -OCH3 is 1.